The summed E-state index contributed by atoms with van der Waals surface area (Å²) in [6, 6.07) is 8.26. The molecule has 118 valence electrons. The van der Waals surface area contributed by atoms with Gasteiger partial charge in [-0.05, 0) is 18.9 Å². The molecule has 1 aromatic rings. The first-order valence-electron chi connectivity index (χ1n) is 6.78. The summed E-state index contributed by atoms with van der Waals surface area (Å²) >= 11 is 0. The normalized spacial score (nSPS) is 14.9. The highest BCUT2D eigenvalue weighted by Crippen LogP contribution is 2.22. The van der Waals surface area contributed by atoms with E-state index in [4.69, 9.17) is 0 Å². The van der Waals surface area contributed by atoms with E-state index in [-0.39, 0.29) is 0 Å². The molecule has 1 rings (SSSR count). The van der Waals surface area contributed by atoms with E-state index >= 15 is 0 Å². The standard InChI is InChI=1S/C14H22N2O4S/c1-4-5-11-16(3)21(19,20)15-14(2,13(17)18)12-9-7-6-8-10-12/h6-10,15H,4-5,11H2,1-3H3,(H,17,18). The van der Waals surface area contributed by atoms with Gasteiger partial charge in [0.15, 0.2) is 5.54 Å². The second-order valence-electron chi connectivity index (χ2n) is 5.08. The SMILES string of the molecule is CCCCN(C)S(=O)(=O)NC(C)(C(=O)O)c1ccccc1. The Morgan fingerprint density at radius 1 is 1.33 bits per heavy atom. The summed E-state index contributed by atoms with van der Waals surface area (Å²) in [4.78, 5) is 11.6. The van der Waals surface area contributed by atoms with Crippen molar-refractivity contribution >= 4 is 16.2 Å². The molecule has 2 N–H and O–H groups in total. The van der Waals surface area contributed by atoms with Crippen LogP contribution in [0.2, 0.25) is 0 Å². The monoisotopic (exact) mass is 314 g/mol. The van der Waals surface area contributed by atoms with Crippen molar-refractivity contribution in [1.29, 1.82) is 0 Å². The van der Waals surface area contributed by atoms with Crippen molar-refractivity contribution in [1.82, 2.24) is 9.03 Å². The zero-order valence-electron chi connectivity index (χ0n) is 12.5. The van der Waals surface area contributed by atoms with Gasteiger partial charge in [-0.15, -0.1) is 0 Å². The topological polar surface area (TPSA) is 86.7 Å². The summed E-state index contributed by atoms with van der Waals surface area (Å²) in [6.07, 6.45) is 1.57. The Morgan fingerprint density at radius 2 is 1.90 bits per heavy atom. The second-order valence-corrected chi connectivity index (χ2v) is 6.86. The van der Waals surface area contributed by atoms with Gasteiger partial charge in [-0.25, -0.2) is 4.79 Å². The first kappa shape index (κ1) is 17.6. The van der Waals surface area contributed by atoms with Crippen LogP contribution in [0.3, 0.4) is 0 Å². The predicted octanol–water partition coefficient (Wildman–Crippen LogP) is 1.55. The molecule has 1 aromatic carbocycles. The van der Waals surface area contributed by atoms with E-state index in [2.05, 4.69) is 4.72 Å². The quantitative estimate of drug-likeness (QED) is 0.762. The van der Waals surface area contributed by atoms with E-state index in [0.29, 0.717) is 18.5 Å². The fourth-order valence-electron chi connectivity index (χ4n) is 1.83. The molecule has 21 heavy (non-hydrogen) atoms. The number of unbranched alkanes of at least 4 members (excludes halogenated alkanes) is 1. The van der Waals surface area contributed by atoms with Gasteiger partial charge in [0.25, 0.3) is 10.2 Å². The Morgan fingerprint density at radius 3 is 2.38 bits per heavy atom. The lowest BCUT2D eigenvalue weighted by atomic mass is 9.94. The van der Waals surface area contributed by atoms with Crippen molar-refractivity contribution < 1.29 is 18.3 Å². The number of hydrogen-bond donors (Lipinski definition) is 2. The number of hydrogen-bond acceptors (Lipinski definition) is 3. The minimum Gasteiger partial charge on any atom is -0.480 e. The molecule has 0 aliphatic rings. The Kier molecular flexibility index (Phi) is 5.88. The summed E-state index contributed by atoms with van der Waals surface area (Å²) in [5, 5.41) is 9.46. The highest BCUT2D eigenvalue weighted by molar-refractivity contribution is 7.87. The maximum Gasteiger partial charge on any atom is 0.329 e. The van der Waals surface area contributed by atoms with E-state index in [0.717, 1.165) is 10.7 Å². The first-order chi connectivity index (χ1) is 9.74. The van der Waals surface area contributed by atoms with E-state index < -0.39 is 21.7 Å². The van der Waals surface area contributed by atoms with Crippen LogP contribution in [-0.2, 0) is 20.5 Å². The molecule has 1 unspecified atom stereocenters. The van der Waals surface area contributed by atoms with Crippen molar-refractivity contribution in [3.63, 3.8) is 0 Å². The van der Waals surface area contributed by atoms with E-state index in [1.165, 1.54) is 14.0 Å². The average molecular weight is 314 g/mol. The number of carboxylic acids is 1. The number of carbonyl (C=O) groups is 1. The number of carboxylic acid groups (broad SMARTS) is 1. The fourth-order valence-corrected chi connectivity index (χ4v) is 3.08. The molecule has 0 bridgehead atoms. The number of rotatable bonds is 8. The van der Waals surface area contributed by atoms with Gasteiger partial charge in [-0.1, -0.05) is 43.7 Å². The van der Waals surface area contributed by atoms with E-state index in [1.54, 1.807) is 30.3 Å². The van der Waals surface area contributed by atoms with Gasteiger partial charge in [-0.3, -0.25) is 0 Å². The van der Waals surface area contributed by atoms with Gasteiger partial charge in [0, 0.05) is 13.6 Å². The van der Waals surface area contributed by atoms with Crippen LogP contribution in [0.25, 0.3) is 0 Å². The largest absolute Gasteiger partial charge is 0.480 e. The van der Waals surface area contributed by atoms with Crippen LogP contribution >= 0.6 is 0 Å². The second kappa shape index (κ2) is 7.02. The van der Waals surface area contributed by atoms with Gasteiger partial charge in [0.05, 0.1) is 0 Å². The molecule has 0 heterocycles. The van der Waals surface area contributed by atoms with Crippen LogP contribution in [0, 0.1) is 0 Å². The lowest BCUT2D eigenvalue weighted by molar-refractivity contribution is -0.143. The van der Waals surface area contributed by atoms with E-state index in [9.17, 15) is 18.3 Å². The van der Waals surface area contributed by atoms with Gasteiger partial charge in [-0.2, -0.15) is 17.4 Å². The third-order valence-electron chi connectivity index (χ3n) is 3.35. The van der Waals surface area contributed by atoms with Gasteiger partial charge < -0.3 is 5.11 Å². The minimum absolute atomic E-state index is 0.344. The molecule has 0 aliphatic carbocycles. The number of nitrogens with zero attached hydrogens (tertiary/aromatic N) is 1. The minimum atomic E-state index is -3.88. The van der Waals surface area contributed by atoms with Crippen molar-refractivity contribution in [2.45, 2.75) is 32.2 Å². The van der Waals surface area contributed by atoms with Crippen LogP contribution in [0.15, 0.2) is 30.3 Å². The van der Waals surface area contributed by atoms with Crippen molar-refractivity contribution in [3.05, 3.63) is 35.9 Å². The smallest absolute Gasteiger partial charge is 0.329 e. The highest BCUT2D eigenvalue weighted by Gasteiger charge is 2.40. The molecule has 0 spiro atoms. The Balaban J connectivity index is 3.07. The number of benzene rings is 1. The van der Waals surface area contributed by atoms with Crippen LogP contribution in [0.5, 0.6) is 0 Å². The summed E-state index contributed by atoms with van der Waals surface area (Å²) in [5.41, 5.74) is -1.33. The molecule has 0 amide bonds. The number of aliphatic carboxylic acids is 1. The third-order valence-corrected chi connectivity index (χ3v) is 5.02. The lowest BCUT2D eigenvalue weighted by Gasteiger charge is -2.29. The molecule has 7 heteroatoms. The Bertz CT molecular complexity index is 574. The van der Waals surface area contributed by atoms with Gasteiger partial charge in [0.2, 0.25) is 0 Å². The van der Waals surface area contributed by atoms with Crippen LogP contribution < -0.4 is 4.72 Å². The van der Waals surface area contributed by atoms with Crippen LogP contribution in [0.4, 0.5) is 0 Å². The summed E-state index contributed by atoms with van der Waals surface area (Å²) in [7, 11) is -2.45. The summed E-state index contributed by atoms with van der Waals surface area (Å²) < 4.78 is 28.0. The van der Waals surface area contributed by atoms with Crippen LogP contribution in [0.1, 0.15) is 32.3 Å². The maximum atomic E-state index is 12.3. The zero-order chi connectivity index (χ0) is 16.1. The Labute approximate surface area is 126 Å². The van der Waals surface area contributed by atoms with Crippen molar-refractivity contribution in [2.75, 3.05) is 13.6 Å². The Hall–Kier alpha value is -1.44. The molecule has 0 aliphatic heterocycles. The molecule has 0 radical (unpaired) electrons. The first-order valence-corrected chi connectivity index (χ1v) is 8.22. The third kappa shape index (κ3) is 4.26. The van der Waals surface area contributed by atoms with Crippen molar-refractivity contribution in [2.24, 2.45) is 0 Å². The molecule has 0 saturated heterocycles. The van der Waals surface area contributed by atoms with Crippen molar-refractivity contribution in [3.8, 4) is 0 Å². The molecular weight excluding hydrogens is 292 g/mol. The number of nitrogens with one attached hydrogen (secondary N) is 1. The predicted molar refractivity (Wildman–Crippen MR) is 81.0 cm³/mol. The zero-order valence-corrected chi connectivity index (χ0v) is 13.4. The van der Waals surface area contributed by atoms with Crippen LogP contribution in [-0.4, -0.2) is 37.4 Å². The maximum absolute atomic E-state index is 12.3. The molecule has 0 fully saturated rings. The summed E-state index contributed by atoms with van der Waals surface area (Å²) in [6.45, 7) is 3.64. The van der Waals surface area contributed by atoms with Gasteiger partial charge in [0.1, 0.15) is 0 Å². The average Bonchev–Trinajstić information content (AvgIpc) is 2.44. The molecule has 1 atom stereocenters. The molecule has 0 saturated carbocycles. The van der Waals surface area contributed by atoms with Gasteiger partial charge >= 0.3 is 5.97 Å². The lowest BCUT2D eigenvalue weighted by Crippen LogP contribution is -2.53. The molecular formula is C14H22N2O4S. The summed E-state index contributed by atoms with van der Waals surface area (Å²) in [5.74, 6) is -1.25. The van der Waals surface area contributed by atoms with E-state index in [1.807, 2.05) is 6.92 Å². The molecule has 6 nitrogen and oxygen atoms in total. The fraction of sp³-hybridized carbons (Fsp3) is 0.500. The molecule has 0 aromatic heterocycles. The highest BCUT2D eigenvalue weighted by atomic mass is 32.2.